The highest BCUT2D eigenvalue weighted by molar-refractivity contribution is 6.16. The maximum absolute atomic E-state index is 13.7. The molecule has 0 atom stereocenters. The van der Waals surface area contributed by atoms with E-state index in [1.54, 1.807) is 24.3 Å². The first-order valence-corrected chi connectivity index (χ1v) is 9.71. The number of carbonyl (C=O) groups is 1. The topological polar surface area (TPSA) is 93.4 Å². The van der Waals surface area contributed by atoms with Gasteiger partial charge in [0.05, 0.1) is 58.7 Å². The zero-order valence-electron chi connectivity index (χ0n) is 18.3. The molecule has 0 saturated carbocycles. The molecular formula is C24H22O8. The van der Waals surface area contributed by atoms with Gasteiger partial charge in [-0.15, -0.1) is 0 Å². The van der Waals surface area contributed by atoms with Crippen LogP contribution in [0.3, 0.4) is 0 Å². The molecular weight excluding hydrogens is 416 g/mol. The van der Waals surface area contributed by atoms with E-state index >= 15 is 0 Å². The zero-order valence-corrected chi connectivity index (χ0v) is 18.3. The van der Waals surface area contributed by atoms with Gasteiger partial charge < -0.3 is 28.1 Å². The summed E-state index contributed by atoms with van der Waals surface area (Å²) in [5, 5.41) is 0. The second-order valence-electron chi connectivity index (χ2n) is 7.07. The van der Waals surface area contributed by atoms with Crippen LogP contribution in [0.5, 0.6) is 28.9 Å². The number of fused-ring (bicyclic) bond motifs is 2. The summed E-state index contributed by atoms with van der Waals surface area (Å²) in [6.07, 6.45) is 0. The SMILES string of the molecule is COc1cc(OC)c2c(c1)C(c1cc(=O)cc(OC)o1)c1cc(OC)cc(OC)c1C2=O. The summed E-state index contributed by atoms with van der Waals surface area (Å²) >= 11 is 0. The summed E-state index contributed by atoms with van der Waals surface area (Å²) in [4.78, 5) is 26.1. The Kier molecular flexibility index (Phi) is 5.52. The molecule has 3 aromatic rings. The summed E-state index contributed by atoms with van der Waals surface area (Å²) in [6, 6.07) is 9.35. The summed E-state index contributed by atoms with van der Waals surface area (Å²) in [6.45, 7) is 0. The van der Waals surface area contributed by atoms with E-state index in [1.807, 2.05) is 0 Å². The van der Waals surface area contributed by atoms with E-state index in [0.29, 0.717) is 45.3 Å². The highest BCUT2D eigenvalue weighted by Gasteiger charge is 2.39. The molecule has 0 N–H and O–H groups in total. The number of benzene rings is 2. The Morgan fingerprint density at radius 2 is 1.19 bits per heavy atom. The minimum atomic E-state index is -0.659. The molecule has 166 valence electrons. The van der Waals surface area contributed by atoms with Crippen LogP contribution in [0.25, 0.3) is 0 Å². The van der Waals surface area contributed by atoms with Gasteiger partial charge in [-0.2, -0.15) is 0 Å². The van der Waals surface area contributed by atoms with Gasteiger partial charge in [0.1, 0.15) is 28.8 Å². The van der Waals surface area contributed by atoms with Gasteiger partial charge in [-0.3, -0.25) is 9.59 Å². The molecule has 0 amide bonds. The van der Waals surface area contributed by atoms with Crippen molar-refractivity contribution in [3.63, 3.8) is 0 Å². The molecule has 4 rings (SSSR count). The molecule has 32 heavy (non-hydrogen) atoms. The number of ketones is 1. The summed E-state index contributed by atoms with van der Waals surface area (Å²) in [5.74, 6) is 1.05. The smallest absolute Gasteiger partial charge is 0.288 e. The molecule has 1 heterocycles. The molecule has 8 heteroatoms. The lowest BCUT2D eigenvalue weighted by Crippen LogP contribution is -2.23. The van der Waals surface area contributed by atoms with Crippen molar-refractivity contribution in [2.45, 2.75) is 5.92 Å². The van der Waals surface area contributed by atoms with E-state index in [2.05, 4.69) is 0 Å². The Labute approximate surface area is 184 Å². The van der Waals surface area contributed by atoms with Gasteiger partial charge in [-0.05, 0) is 23.3 Å². The largest absolute Gasteiger partial charge is 0.497 e. The van der Waals surface area contributed by atoms with Gasteiger partial charge in [0.15, 0.2) is 5.43 Å². The minimum absolute atomic E-state index is 0.0530. The van der Waals surface area contributed by atoms with Crippen LogP contribution < -0.4 is 29.1 Å². The van der Waals surface area contributed by atoms with Crippen molar-refractivity contribution in [3.8, 4) is 28.9 Å². The molecule has 2 aromatic carbocycles. The standard InChI is InChI=1S/C24H22O8/c1-27-13-8-15-21(19-6-12(25)7-20(31-5)32-19)16-9-14(28-2)11-18(30-4)23(16)24(26)22(15)17(10-13)29-3/h6-11,21H,1-5H3. The third-order valence-electron chi connectivity index (χ3n) is 5.45. The number of methoxy groups -OCH3 is 5. The lowest BCUT2D eigenvalue weighted by Gasteiger charge is -2.30. The van der Waals surface area contributed by atoms with Crippen molar-refractivity contribution in [1.82, 2.24) is 0 Å². The second kappa shape index (κ2) is 8.30. The van der Waals surface area contributed by atoms with E-state index in [9.17, 15) is 9.59 Å². The monoisotopic (exact) mass is 438 g/mol. The highest BCUT2D eigenvalue weighted by Crippen LogP contribution is 2.49. The van der Waals surface area contributed by atoms with E-state index in [0.717, 1.165) is 0 Å². The van der Waals surface area contributed by atoms with E-state index < -0.39 is 5.92 Å². The third kappa shape index (κ3) is 3.33. The molecule has 1 aliphatic carbocycles. The van der Waals surface area contributed by atoms with Gasteiger partial charge in [0, 0.05) is 18.2 Å². The van der Waals surface area contributed by atoms with E-state index in [4.69, 9.17) is 28.1 Å². The maximum Gasteiger partial charge on any atom is 0.288 e. The Morgan fingerprint density at radius 1 is 0.656 bits per heavy atom. The first kappa shape index (κ1) is 21.3. The molecule has 8 nitrogen and oxygen atoms in total. The number of rotatable bonds is 6. The second-order valence-corrected chi connectivity index (χ2v) is 7.07. The Hall–Kier alpha value is -3.94. The van der Waals surface area contributed by atoms with Crippen LogP contribution in [0.4, 0.5) is 0 Å². The normalized spacial score (nSPS) is 12.6. The number of hydrogen-bond donors (Lipinski definition) is 0. The first-order valence-electron chi connectivity index (χ1n) is 9.71. The summed E-state index contributed by atoms with van der Waals surface area (Å²) < 4.78 is 33.0. The molecule has 1 aromatic heterocycles. The van der Waals surface area contributed by atoms with E-state index in [1.165, 1.54) is 47.7 Å². The predicted octanol–water partition coefficient (Wildman–Crippen LogP) is 3.41. The Morgan fingerprint density at radius 3 is 1.62 bits per heavy atom. The van der Waals surface area contributed by atoms with Crippen LogP contribution >= 0.6 is 0 Å². The molecule has 0 saturated heterocycles. The van der Waals surface area contributed by atoms with Crippen LogP contribution in [0, 0.1) is 0 Å². The molecule has 0 fully saturated rings. The maximum atomic E-state index is 13.7. The van der Waals surface area contributed by atoms with Gasteiger partial charge in [0.25, 0.3) is 5.95 Å². The quantitative estimate of drug-likeness (QED) is 0.452. The summed E-state index contributed by atoms with van der Waals surface area (Å²) in [5.41, 5.74) is 1.49. The van der Waals surface area contributed by atoms with E-state index in [-0.39, 0.29) is 22.9 Å². The minimum Gasteiger partial charge on any atom is -0.497 e. The first-order chi connectivity index (χ1) is 15.4. The molecule has 0 bridgehead atoms. The third-order valence-corrected chi connectivity index (χ3v) is 5.45. The Balaban J connectivity index is 2.14. The van der Waals surface area contributed by atoms with Crippen molar-refractivity contribution in [2.24, 2.45) is 0 Å². The lowest BCUT2D eigenvalue weighted by molar-refractivity contribution is 0.102. The number of carbonyl (C=O) groups excluding carboxylic acids is 1. The molecule has 0 radical (unpaired) electrons. The van der Waals surface area contributed by atoms with Crippen LogP contribution in [0.15, 0.2) is 45.6 Å². The van der Waals surface area contributed by atoms with Crippen molar-refractivity contribution < 1.29 is 32.9 Å². The predicted molar refractivity (Wildman–Crippen MR) is 115 cm³/mol. The van der Waals surface area contributed by atoms with Crippen molar-refractivity contribution in [3.05, 3.63) is 74.6 Å². The fraction of sp³-hybridized carbons (Fsp3) is 0.250. The zero-order chi connectivity index (χ0) is 23.0. The lowest BCUT2D eigenvalue weighted by atomic mass is 9.75. The van der Waals surface area contributed by atoms with Crippen molar-refractivity contribution in [1.29, 1.82) is 0 Å². The van der Waals surface area contributed by atoms with Crippen LogP contribution in [-0.2, 0) is 0 Å². The highest BCUT2D eigenvalue weighted by atomic mass is 16.6. The fourth-order valence-electron chi connectivity index (χ4n) is 4.04. The number of hydrogen-bond acceptors (Lipinski definition) is 8. The fourth-order valence-corrected chi connectivity index (χ4v) is 4.04. The molecule has 0 spiro atoms. The molecule has 0 aliphatic heterocycles. The van der Waals surface area contributed by atoms with Crippen molar-refractivity contribution >= 4 is 5.78 Å². The van der Waals surface area contributed by atoms with Crippen LogP contribution in [0.2, 0.25) is 0 Å². The van der Waals surface area contributed by atoms with Gasteiger partial charge >= 0.3 is 0 Å². The van der Waals surface area contributed by atoms with Crippen LogP contribution in [-0.4, -0.2) is 41.3 Å². The molecule has 0 unspecified atom stereocenters. The Bertz CT molecular complexity index is 1190. The van der Waals surface area contributed by atoms with Gasteiger partial charge in [-0.1, -0.05) is 0 Å². The van der Waals surface area contributed by atoms with Gasteiger partial charge in [-0.25, -0.2) is 0 Å². The summed E-state index contributed by atoms with van der Waals surface area (Å²) in [7, 11) is 7.40. The average Bonchev–Trinajstić information content (AvgIpc) is 2.81. The number of ether oxygens (including phenoxy) is 5. The molecule has 1 aliphatic rings. The van der Waals surface area contributed by atoms with Crippen LogP contribution in [0.1, 0.15) is 38.7 Å². The van der Waals surface area contributed by atoms with Gasteiger partial charge in [0.2, 0.25) is 5.78 Å². The average molecular weight is 438 g/mol. The van der Waals surface area contributed by atoms with Crippen molar-refractivity contribution in [2.75, 3.05) is 35.5 Å².